The van der Waals surface area contributed by atoms with Crippen LogP contribution >= 0.6 is 11.6 Å². The summed E-state index contributed by atoms with van der Waals surface area (Å²) in [6.45, 7) is 1.65. The average Bonchev–Trinajstić information content (AvgIpc) is 2.73. The molecule has 1 heterocycles. The summed E-state index contributed by atoms with van der Waals surface area (Å²) in [4.78, 5) is 0. The summed E-state index contributed by atoms with van der Waals surface area (Å²) in [5.41, 5.74) is -1.09. The summed E-state index contributed by atoms with van der Waals surface area (Å²) in [5.74, 6) is 0. The van der Waals surface area contributed by atoms with E-state index in [4.69, 9.17) is 22.1 Å². The van der Waals surface area contributed by atoms with Crippen molar-refractivity contribution >= 4 is 28.7 Å². The zero-order valence-corrected chi connectivity index (χ0v) is 11.9. The maximum absolute atomic E-state index is 12.3. The third kappa shape index (κ3) is 3.37. The molecule has 0 radical (unpaired) electrons. The Bertz CT molecular complexity index is 366. The SMILES string of the molecule is CN/C(=C(/Cl)C(C)=N)[S+]([O-])N1CCC(O)(CO)C1. The van der Waals surface area contributed by atoms with Gasteiger partial charge in [-0.05, 0) is 13.3 Å². The number of nitrogens with one attached hydrogen (secondary N) is 2. The highest BCUT2D eigenvalue weighted by Gasteiger charge is 2.42. The van der Waals surface area contributed by atoms with E-state index in [1.807, 2.05) is 0 Å². The van der Waals surface area contributed by atoms with Crippen LogP contribution in [0.2, 0.25) is 0 Å². The molecule has 0 aromatic heterocycles. The highest BCUT2D eigenvalue weighted by molar-refractivity contribution is 7.93. The normalized spacial score (nSPS) is 27.9. The van der Waals surface area contributed by atoms with Crippen LogP contribution in [-0.2, 0) is 11.4 Å². The van der Waals surface area contributed by atoms with Gasteiger partial charge in [0.1, 0.15) is 22.0 Å². The Morgan fingerprint density at radius 2 is 2.28 bits per heavy atom. The molecular weight excluding hydrogens is 278 g/mol. The van der Waals surface area contributed by atoms with Crippen molar-refractivity contribution in [3.8, 4) is 0 Å². The molecule has 0 bridgehead atoms. The summed E-state index contributed by atoms with van der Waals surface area (Å²) in [5, 5.41) is 29.5. The quantitative estimate of drug-likeness (QED) is 0.414. The molecule has 1 rings (SSSR count). The van der Waals surface area contributed by atoms with Gasteiger partial charge in [-0.3, -0.25) is 0 Å². The number of halogens is 1. The fourth-order valence-corrected chi connectivity index (χ4v) is 3.31. The third-order valence-corrected chi connectivity index (χ3v) is 4.88. The van der Waals surface area contributed by atoms with Gasteiger partial charge in [0.2, 0.25) is 0 Å². The van der Waals surface area contributed by atoms with Crippen molar-refractivity contribution in [1.82, 2.24) is 9.62 Å². The molecule has 2 unspecified atom stereocenters. The number of nitrogens with zero attached hydrogens (tertiary/aromatic N) is 1. The van der Waals surface area contributed by atoms with E-state index in [1.54, 1.807) is 7.05 Å². The van der Waals surface area contributed by atoms with Gasteiger partial charge in [-0.25, -0.2) is 0 Å². The van der Waals surface area contributed by atoms with E-state index < -0.39 is 17.0 Å². The Labute approximate surface area is 114 Å². The predicted molar refractivity (Wildman–Crippen MR) is 71.7 cm³/mol. The van der Waals surface area contributed by atoms with Gasteiger partial charge in [-0.2, -0.15) is 0 Å². The lowest BCUT2D eigenvalue weighted by atomic mass is 10.1. The molecule has 1 aliphatic rings. The van der Waals surface area contributed by atoms with Crippen molar-refractivity contribution in [1.29, 1.82) is 5.41 Å². The van der Waals surface area contributed by atoms with Crippen molar-refractivity contribution in [2.45, 2.75) is 18.9 Å². The van der Waals surface area contributed by atoms with Crippen LogP contribution in [-0.4, -0.2) is 57.1 Å². The first-order valence-corrected chi connectivity index (χ1v) is 6.96. The molecule has 18 heavy (non-hydrogen) atoms. The van der Waals surface area contributed by atoms with Crippen LogP contribution in [0.1, 0.15) is 13.3 Å². The van der Waals surface area contributed by atoms with E-state index in [2.05, 4.69) is 5.32 Å². The highest BCUT2D eigenvalue weighted by Crippen LogP contribution is 2.27. The zero-order chi connectivity index (χ0) is 13.9. The minimum atomic E-state index is -1.57. The van der Waals surface area contributed by atoms with Gasteiger partial charge >= 0.3 is 0 Å². The van der Waals surface area contributed by atoms with Gasteiger partial charge < -0.3 is 25.5 Å². The first-order chi connectivity index (χ1) is 8.34. The molecular formula is C10H18ClN3O3S. The molecule has 1 fully saturated rings. The number of rotatable bonds is 5. The topological polar surface area (TPSA) is 103 Å². The van der Waals surface area contributed by atoms with Crippen LogP contribution in [0.25, 0.3) is 0 Å². The van der Waals surface area contributed by atoms with E-state index in [-0.39, 0.29) is 28.9 Å². The van der Waals surface area contributed by atoms with E-state index >= 15 is 0 Å². The summed E-state index contributed by atoms with van der Waals surface area (Å²) in [6, 6.07) is 0. The largest absolute Gasteiger partial charge is 0.592 e. The summed E-state index contributed by atoms with van der Waals surface area (Å²) >= 11 is 4.35. The van der Waals surface area contributed by atoms with E-state index in [9.17, 15) is 9.66 Å². The average molecular weight is 296 g/mol. The Hall–Kier alpha value is -0.310. The lowest BCUT2D eigenvalue weighted by Gasteiger charge is -2.23. The Balaban J connectivity index is 2.85. The lowest BCUT2D eigenvalue weighted by molar-refractivity contribution is -0.000692. The van der Waals surface area contributed by atoms with Crippen molar-refractivity contribution < 1.29 is 14.8 Å². The zero-order valence-electron chi connectivity index (χ0n) is 10.4. The fraction of sp³-hybridized carbons (Fsp3) is 0.700. The first-order valence-electron chi connectivity index (χ1n) is 5.48. The Kier molecular flexibility index (Phi) is 5.45. The molecule has 2 atom stereocenters. The van der Waals surface area contributed by atoms with Gasteiger partial charge in [0.25, 0.3) is 5.03 Å². The summed E-state index contributed by atoms with van der Waals surface area (Å²) in [7, 11) is 1.58. The molecule has 4 N–H and O–H groups in total. The van der Waals surface area contributed by atoms with Crippen LogP contribution in [0.4, 0.5) is 0 Å². The number of hydrogen-bond donors (Lipinski definition) is 4. The van der Waals surface area contributed by atoms with E-state index in [1.165, 1.54) is 11.2 Å². The van der Waals surface area contributed by atoms with Crippen molar-refractivity contribution in [3.63, 3.8) is 0 Å². The van der Waals surface area contributed by atoms with Crippen LogP contribution in [0.5, 0.6) is 0 Å². The number of aliphatic hydroxyl groups excluding tert-OH is 1. The van der Waals surface area contributed by atoms with Crippen LogP contribution in [0.15, 0.2) is 10.1 Å². The summed E-state index contributed by atoms with van der Waals surface area (Å²) < 4.78 is 13.8. The van der Waals surface area contributed by atoms with Gasteiger partial charge in [0, 0.05) is 13.6 Å². The molecule has 0 spiro atoms. The summed E-state index contributed by atoms with van der Waals surface area (Å²) in [6.07, 6.45) is 0.355. The number of hydrogen-bond acceptors (Lipinski definition) is 6. The second-order valence-electron chi connectivity index (χ2n) is 4.26. The first kappa shape index (κ1) is 15.7. The van der Waals surface area contributed by atoms with Crippen molar-refractivity contribution in [2.75, 3.05) is 26.7 Å². The molecule has 0 aliphatic carbocycles. The number of β-amino-alcohol motifs (C(OH)–C–C–N with tert-alkyl or cyclic N) is 1. The predicted octanol–water partition coefficient (Wildman–Crippen LogP) is -0.254. The van der Waals surface area contributed by atoms with E-state index in [0.717, 1.165) is 0 Å². The molecule has 104 valence electrons. The van der Waals surface area contributed by atoms with Crippen molar-refractivity contribution in [2.24, 2.45) is 0 Å². The van der Waals surface area contributed by atoms with Crippen LogP contribution in [0.3, 0.4) is 0 Å². The maximum atomic E-state index is 12.3. The smallest absolute Gasteiger partial charge is 0.260 e. The molecule has 8 heteroatoms. The molecule has 0 saturated carbocycles. The van der Waals surface area contributed by atoms with Gasteiger partial charge in [-0.1, -0.05) is 11.6 Å². The molecule has 1 saturated heterocycles. The molecule has 0 aromatic rings. The minimum absolute atomic E-state index is 0.107. The molecule has 1 aliphatic heterocycles. The van der Waals surface area contributed by atoms with Gasteiger partial charge in [-0.15, -0.1) is 4.31 Å². The highest BCUT2D eigenvalue weighted by atomic mass is 35.5. The Morgan fingerprint density at radius 3 is 2.67 bits per heavy atom. The van der Waals surface area contributed by atoms with Gasteiger partial charge in [0.05, 0.1) is 18.9 Å². The molecule has 0 amide bonds. The second-order valence-corrected chi connectivity index (χ2v) is 6.06. The Morgan fingerprint density at radius 1 is 1.67 bits per heavy atom. The van der Waals surface area contributed by atoms with E-state index in [0.29, 0.717) is 13.0 Å². The maximum Gasteiger partial charge on any atom is 0.260 e. The monoisotopic (exact) mass is 295 g/mol. The van der Waals surface area contributed by atoms with Crippen LogP contribution < -0.4 is 5.32 Å². The van der Waals surface area contributed by atoms with Gasteiger partial charge in [0.15, 0.2) is 0 Å². The number of aliphatic hydroxyl groups is 2. The molecule has 6 nitrogen and oxygen atoms in total. The second kappa shape index (κ2) is 6.23. The standard InChI is InChI=1S/C10H18ClN3O3S/c1-7(12)8(11)9(13-2)18(17)14-4-3-10(16,5-14)6-15/h12-13,15-16H,3-6H2,1-2H3/b9-8-,12-7?. The van der Waals surface area contributed by atoms with Crippen LogP contribution in [0, 0.1) is 5.41 Å². The number of allylic oxidation sites excluding steroid dienone is 1. The lowest BCUT2D eigenvalue weighted by Crippen LogP contribution is -2.40. The minimum Gasteiger partial charge on any atom is -0.592 e. The fourth-order valence-electron chi connectivity index (χ4n) is 1.66. The molecule has 0 aromatic carbocycles. The third-order valence-electron chi connectivity index (χ3n) is 2.76. The van der Waals surface area contributed by atoms with Crippen molar-refractivity contribution in [3.05, 3.63) is 10.1 Å².